The van der Waals surface area contributed by atoms with Gasteiger partial charge in [-0.3, -0.25) is 4.79 Å². The number of fused-ring (bicyclic) bond motifs is 2. The Bertz CT molecular complexity index is 590. The molecule has 1 saturated heterocycles. The Balaban J connectivity index is 0.00000132. The van der Waals surface area contributed by atoms with Gasteiger partial charge in [0, 0.05) is 18.5 Å². The number of benzene rings is 1. The van der Waals surface area contributed by atoms with Crippen LogP contribution in [-0.4, -0.2) is 31.6 Å². The molecule has 0 aromatic heterocycles. The van der Waals surface area contributed by atoms with Crippen LogP contribution in [0.5, 0.6) is 0 Å². The van der Waals surface area contributed by atoms with E-state index in [1.807, 2.05) is 18.2 Å². The van der Waals surface area contributed by atoms with Crippen molar-refractivity contribution in [3.8, 4) is 0 Å². The first-order valence-electron chi connectivity index (χ1n) is 7.49. The molecule has 0 radical (unpaired) electrons. The molecule has 0 amide bonds. The predicted molar refractivity (Wildman–Crippen MR) is 84.9 cm³/mol. The van der Waals surface area contributed by atoms with Gasteiger partial charge in [0.15, 0.2) is 5.78 Å². The first kappa shape index (κ1) is 14.8. The number of ether oxygens (including phenoxy) is 1. The molecule has 112 valence electrons. The zero-order valence-electron chi connectivity index (χ0n) is 11.9. The van der Waals surface area contributed by atoms with Crippen molar-refractivity contribution in [2.45, 2.75) is 25.4 Å². The Kier molecular flexibility index (Phi) is 4.16. The van der Waals surface area contributed by atoms with E-state index in [0.717, 1.165) is 30.6 Å². The molecule has 4 heteroatoms. The second-order valence-electron chi connectivity index (χ2n) is 6.03. The Hall–Kier alpha value is -1.16. The highest BCUT2D eigenvalue weighted by Crippen LogP contribution is 2.39. The van der Waals surface area contributed by atoms with Gasteiger partial charge < -0.3 is 10.1 Å². The van der Waals surface area contributed by atoms with Gasteiger partial charge in [0.05, 0.1) is 12.7 Å². The van der Waals surface area contributed by atoms with Gasteiger partial charge in [0.25, 0.3) is 0 Å². The van der Waals surface area contributed by atoms with E-state index in [0.29, 0.717) is 25.0 Å². The number of carbonyl (C=O) groups excluding carboxylic acids is 1. The number of hydrogen-bond donors (Lipinski definition) is 1. The van der Waals surface area contributed by atoms with E-state index in [-0.39, 0.29) is 18.2 Å². The maximum Gasteiger partial charge on any atom is 0.167 e. The van der Waals surface area contributed by atoms with Crippen molar-refractivity contribution in [3.05, 3.63) is 41.0 Å². The van der Waals surface area contributed by atoms with Crippen LogP contribution in [0.1, 0.15) is 35.2 Å². The molecule has 4 rings (SSSR count). The lowest BCUT2D eigenvalue weighted by Gasteiger charge is -2.34. The van der Waals surface area contributed by atoms with Crippen LogP contribution < -0.4 is 5.32 Å². The summed E-state index contributed by atoms with van der Waals surface area (Å²) < 4.78 is 6.11. The Morgan fingerprint density at radius 1 is 1.19 bits per heavy atom. The normalized spacial score (nSPS) is 27.9. The van der Waals surface area contributed by atoms with Crippen molar-refractivity contribution in [2.75, 3.05) is 19.7 Å². The Labute approximate surface area is 131 Å². The van der Waals surface area contributed by atoms with E-state index in [1.54, 1.807) is 0 Å². The predicted octanol–water partition coefficient (Wildman–Crippen LogP) is 2.85. The smallest absolute Gasteiger partial charge is 0.167 e. The number of hydrogen-bond acceptors (Lipinski definition) is 3. The van der Waals surface area contributed by atoms with Crippen LogP contribution in [0.25, 0.3) is 5.57 Å². The van der Waals surface area contributed by atoms with Crippen LogP contribution >= 0.6 is 12.4 Å². The average Bonchev–Trinajstić information content (AvgIpc) is 3.01. The summed E-state index contributed by atoms with van der Waals surface area (Å²) in [5.74, 6) is 0.876. The van der Waals surface area contributed by atoms with Crippen LogP contribution in [0, 0.1) is 5.92 Å². The molecule has 1 N–H and O–H groups in total. The van der Waals surface area contributed by atoms with E-state index >= 15 is 0 Å². The van der Waals surface area contributed by atoms with Gasteiger partial charge in [0.1, 0.15) is 0 Å². The number of ketones is 1. The number of Topliss-reactive ketones (excluding diaryl/α,β-unsaturated/α-hetero) is 1. The highest BCUT2D eigenvalue weighted by molar-refractivity contribution is 6.06. The third-order valence-corrected chi connectivity index (χ3v) is 4.87. The summed E-state index contributed by atoms with van der Waals surface area (Å²) in [5.41, 5.74) is 4.55. The van der Waals surface area contributed by atoms with Crippen molar-refractivity contribution in [1.82, 2.24) is 5.32 Å². The Morgan fingerprint density at radius 3 is 2.76 bits per heavy atom. The summed E-state index contributed by atoms with van der Waals surface area (Å²) in [6, 6.07) is 7.95. The van der Waals surface area contributed by atoms with Gasteiger partial charge in [-0.1, -0.05) is 29.8 Å². The third kappa shape index (κ3) is 2.54. The molecule has 21 heavy (non-hydrogen) atoms. The van der Waals surface area contributed by atoms with E-state index in [4.69, 9.17) is 4.74 Å². The summed E-state index contributed by atoms with van der Waals surface area (Å²) in [6.45, 7) is 2.82. The van der Waals surface area contributed by atoms with Gasteiger partial charge in [0.2, 0.25) is 0 Å². The van der Waals surface area contributed by atoms with E-state index < -0.39 is 0 Å². The SMILES string of the molecule is Cl.O=C1CC2=C(COC(C3CCNC3)C2)c2ccccc21. The minimum Gasteiger partial charge on any atom is -0.373 e. The van der Waals surface area contributed by atoms with Gasteiger partial charge in [-0.25, -0.2) is 0 Å². The molecule has 1 aromatic carbocycles. The van der Waals surface area contributed by atoms with Crippen LogP contribution in [0.3, 0.4) is 0 Å². The lowest BCUT2D eigenvalue weighted by molar-refractivity contribution is 0.0299. The Morgan fingerprint density at radius 2 is 2.00 bits per heavy atom. The van der Waals surface area contributed by atoms with Crippen molar-refractivity contribution >= 4 is 23.8 Å². The summed E-state index contributed by atoms with van der Waals surface area (Å²) in [5, 5.41) is 3.40. The zero-order valence-corrected chi connectivity index (χ0v) is 12.7. The topological polar surface area (TPSA) is 38.3 Å². The third-order valence-electron chi connectivity index (χ3n) is 4.87. The van der Waals surface area contributed by atoms with E-state index in [2.05, 4.69) is 11.4 Å². The molecular weight excluding hydrogens is 286 g/mol. The summed E-state index contributed by atoms with van der Waals surface area (Å²) >= 11 is 0. The molecule has 2 atom stereocenters. The number of carbonyl (C=O) groups is 1. The van der Waals surface area contributed by atoms with Crippen molar-refractivity contribution in [1.29, 1.82) is 0 Å². The molecule has 2 heterocycles. The minimum absolute atomic E-state index is 0. The molecule has 0 spiro atoms. The standard InChI is InChI=1S/C17H19NO2.ClH/c19-16-7-12-8-17(11-5-6-18-9-11)20-10-15(12)13-3-1-2-4-14(13)16;/h1-4,11,17-18H,5-10H2;1H. The summed E-state index contributed by atoms with van der Waals surface area (Å²) in [4.78, 5) is 12.3. The van der Waals surface area contributed by atoms with E-state index in [9.17, 15) is 4.79 Å². The average molecular weight is 306 g/mol. The fourth-order valence-corrected chi connectivity index (χ4v) is 3.74. The largest absolute Gasteiger partial charge is 0.373 e. The second-order valence-corrected chi connectivity index (χ2v) is 6.03. The number of rotatable bonds is 1. The van der Waals surface area contributed by atoms with Crippen LogP contribution in [0.2, 0.25) is 0 Å². The quantitative estimate of drug-likeness (QED) is 0.867. The first-order valence-corrected chi connectivity index (χ1v) is 7.49. The van der Waals surface area contributed by atoms with Gasteiger partial charge in [-0.05, 0) is 36.4 Å². The monoisotopic (exact) mass is 305 g/mol. The fourth-order valence-electron chi connectivity index (χ4n) is 3.74. The van der Waals surface area contributed by atoms with Crippen molar-refractivity contribution in [2.24, 2.45) is 5.92 Å². The fraction of sp³-hybridized carbons (Fsp3) is 0.471. The van der Waals surface area contributed by atoms with Gasteiger partial charge in [-0.15, -0.1) is 12.4 Å². The zero-order chi connectivity index (χ0) is 13.5. The van der Waals surface area contributed by atoms with E-state index in [1.165, 1.54) is 17.6 Å². The molecule has 0 saturated carbocycles. The number of halogens is 1. The molecule has 1 aromatic rings. The summed E-state index contributed by atoms with van der Waals surface area (Å²) in [6.07, 6.45) is 3.01. The van der Waals surface area contributed by atoms with Crippen LogP contribution in [-0.2, 0) is 4.74 Å². The summed E-state index contributed by atoms with van der Waals surface area (Å²) in [7, 11) is 0. The molecule has 3 nitrogen and oxygen atoms in total. The number of nitrogens with one attached hydrogen (secondary N) is 1. The lowest BCUT2D eigenvalue weighted by atomic mass is 9.80. The van der Waals surface area contributed by atoms with Crippen molar-refractivity contribution in [3.63, 3.8) is 0 Å². The maximum atomic E-state index is 12.3. The van der Waals surface area contributed by atoms with Gasteiger partial charge >= 0.3 is 0 Å². The highest BCUT2D eigenvalue weighted by Gasteiger charge is 2.34. The first-order chi connectivity index (χ1) is 9.83. The molecule has 3 aliphatic rings. The minimum atomic E-state index is 0. The lowest BCUT2D eigenvalue weighted by Crippen LogP contribution is -2.32. The highest BCUT2D eigenvalue weighted by atomic mass is 35.5. The maximum absolute atomic E-state index is 12.3. The molecule has 2 aliphatic heterocycles. The van der Waals surface area contributed by atoms with Crippen LogP contribution in [0.4, 0.5) is 0 Å². The molecule has 0 bridgehead atoms. The molecule has 1 aliphatic carbocycles. The van der Waals surface area contributed by atoms with Crippen LogP contribution in [0.15, 0.2) is 29.8 Å². The molecular formula is C17H20ClNO2. The second kappa shape index (κ2) is 5.91. The van der Waals surface area contributed by atoms with Gasteiger partial charge in [-0.2, -0.15) is 0 Å². The molecule has 2 unspecified atom stereocenters. The molecule has 1 fully saturated rings. The van der Waals surface area contributed by atoms with Crippen molar-refractivity contribution < 1.29 is 9.53 Å².